The lowest BCUT2D eigenvalue weighted by Gasteiger charge is -2.37. The summed E-state index contributed by atoms with van der Waals surface area (Å²) in [5.41, 5.74) is 0.298. The van der Waals surface area contributed by atoms with E-state index in [0.29, 0.717) is 24.4 Å². The van der Waals surface area contributed by atoms with Gasteiger partial charge in [-0.15, -0.1) is 0 Å². The highest BCUT2D eigenvalue weighted by molar-refractivity contribution is 5.79. The second kappa shape index (κ2) is 4.20. The van der Waals surface area contributed by atoms with Crippen LogP contribution in [0.5, 0.6) is 0 Å². The van der Waals surface area contributed by atoms with E-state index >= 15 is 0 Å². The minimum atomic E-state index is -0.810. The van der Waals surface area contributed by atoms with Crippen molar-refractivity contribution in [2.75, 3.05) is 19.6 Å². The summed E-state index contributed by atoms with van der Waals surface area (Å²) in [5, 5.41) is 11.6. The fourth-order valence-electron chi connectivity index (χ4n) is 2.28. The lowest BCUT2D eigenvalue weighted by atomic mass is 9.92. The number of nitrogens with one attached hydrogen (secondary N) is 1. The molecule has 0 unspecified atom stereocenters. The Labute approximate surface area is 101 Å². The van der Waals surface area contributed by atoms with Crippen molar-refractivity contribution >= 4 is 12.0 Å². The summed E-state index contributed by atoms with van der Waals surface area (Å²) in [6.07, 6.45) is 2.37. The maximum absolute atomic E-state index is 11.7. The summed E-state index contributed by atoms with van der Waals surface area (Å²) in [7, 11) is 0. The van der Waals surface area contributed by atoms with E-state index in [0.717, 1.165) is 6.54 Å². The van der Waals surface area contributed by atoms with Crippen LogP contribution in [0.15, 0.2) is 0 Å². The molecule has 0 aromatic rings. The molecule has 2 aliphatic rings. The van der Waals surface area contributed by atoms with Crippen molar-refractivity contribution in [1.29, 1.82) is 0 Å². The molecule has 17 heavy (non-hydrogen) atoms. The number of nitrogens with zero attached hydrogens (tertiary/aromatic N) is 1. The number of carboxylic acid groups (broad SMARTS) is 1. The summed E-state index contributed by atoms with van der Waals surface area (Å²) < 4.78 is 0. The number of aliphatic carboxylic acids is 1. The molecule has 0 aromatic heterocycles. The first-order valence-electron chi connectivity index (χ1n) is 6.20. The molecule has 0 spiro atoms. The first kappa shape index (κ1) is 12.2. The molecule has 96 valence electrons. The third kappa shape index (κ3) is 2.37. The van der Waals surface area contributed by atoms with E-state index in [4.69, 9.17) is 5.11 Å². The van der Waals surface area contributed by atoms with Crippen LogP contribution in [0.4, 0.5) is 4.79 Å². The average Bonchev–Trinajstić information content (AvgIpc) is 2.92. The second-order valence-corrected chi connectivity index (χ2v) is 5.62. The van der Waals surface area contributed by atoms with Gasteiger partial charge in [-0.2, -0.15) is 0 Å². The van der Waals surface area contributed by atoms with E-state index in [1.54, 1.807) is 4.90 Å². The van der Waals surface area contributed by atoms with Gasteiger partial charge in [-0.3, -0.25) is 4.79 Å². The van der Waals surface area contributed by atoms with Crippen molar-refractivity contribution in [1.82, 2.24) is 10.2 Å². The van der Waals surface area contributed by atoms with Gasteiger partial charge < -0.3 is 15.3 Å². The van der Waals surface area contributed by atoms with Crippen molar-refractivity contribution in [3.05, 3.63) is 0 Å². The Balaban J connectivity index is 1.71. The molecule has 1 heterocycles. The highest BCUT2D eigenvalue weighted by Gasteiger charge is 2.46. The van der Waals surface area contributed by atoms with Crippen molar-refractivity contribution in [2.45, 2.75) is 26.7 Å². The standard InChI is InChI=1S/C12H20N2O3/c1-8(2)12(3-4-12)7-13-11(17)14-5-9(6-14)10(15)16/h8-9H,3-7H2,1-2H3,(H,13,17)(H,15,16). The monoisotopic (exact) mass is 240 g/mol. The Morgan fingerprint density at radius 1 is 1.41 bits per heavy atom. The number of carbonyl (C=O) groups excluding carboxylic acids is 1. The van der Waals surface area contributed by atoms with E-state index in [1.807, 2.05) is 0 Å². The number of urea groups is 1. The largest absolute Gasteiger partial charge is 0.481 e. The van der Waals surface area contributed by atoms with Crippen molar-refractivity contribution in [2.24, 2.45) is 17.3 Å². The summed E-state index contributed by atoms with van der Waals surface area (Å²) in [6, 6.07) is -0.116. The molecule has 2 fully saturated rings. The highest BCUT2D eigenvalue weighted by atomic mass is 16.4. The summed E-state index contributed by atoms with van der Waals surface area (Å²) in [4.78, 5) is 23.9. The van der Waals surface area contributed by atoms with E-state index in [1.165, 1.54) is 12.8 Å². The van der Waals surface area contributed by atoms with Crippen molar-refractivity contribution < 1.29 is 14.7 Å². The van der Waals surface area contributed by atoms with Crippen molar-refractivity contribution in [3.63, 3.8) is 0 Å². The summed E-state index contributed by atoms with van der Waals surface area (Å²) in [5.74, 6) is -0.596. The number of rotatable bonds is 4. The van der Waals surface area contributed by atoms with Gasteiger partial charge in [-0.1, -0.05) is 13.8 Å². The molecule has 1 saturated carbocycles. The molecule has 0 atom stereocenters. The van der Waals surface area contributed by atoms with Crippen LogP contribution in [0.3, 0.4) is 0 Å². The van der Waals surface area contributed by atoms with Crippen LogP contribution < -0.4 is 5.32 Å². The highest BCUT2D eigenvalue weighted by Crippen LogP contribution is 2.51. The predicted molar refractivity (Wildman–Crippen MR) is 62.6 cm³/mol. The normalized spacial score (nSPS) is 22.2. The van der Waals surface area contributed by atoms with Crippen LogP contribution in [-0.2, 0) is 4.79 Å². The van der Waals surface area contributed by atoms with Gasteiger partial charge in [0.15, 0.2) is 0 Å². The minimum absolute atomic E-state index is 0.116. The van der Waals surface area contributed by atoms with Gasteiger partial charge in [-0.05, 0) is 24.2 Å². The Morgan fingerprint density at radius 3 is 2.41 bits per heavy atom. The first-order valence-corrected chi connectivity index (χ1v) is 6.20. The predicted octanol–water partition coefficient (Wildman–Crippen LogP) is 1.15. The maximum Gasteiger partial charge on any atom is 0.317 e. The molecule has 0 bridgehead atoms. The van der Waals surface area contributed by atoms with E-state index < -0.39 is 5.97 Å². The SMILES string of the molecule is CC(C)C1(CNC(=O)N2CC(C(=O)O)C2)CC1. The molecule has 2 N–H and O–H groups in total. The third-order valence-electron chi connectivity index (χ3n) is 4.23. The van der Waals surface area contributed by atoms with Gasteiger partial charge in [0.25, 0.3) is 0 Å². The van der Waals surface area contributed by atoms with Crippen LogP contribution >= 0.6 is 0 Å². The Kier molecular flexibility index (Phi) is 3.02. The second-order valence-electron chi connectivity index (χ2n) is 5.62. The summed E-state index contributed by atoms with van der Waals surface area (Å²) >= 11 is 0. The van der Waals surface area contributed by atoms with Crippen LogP contribution in [-0.4, -0.2) is 41.6 Å². The molecule has 5 nitrogen and oxygen atoms in total. The van der Waals surface area contributed by atoms with Gasteiger partial charge >= 0.3 is 12.0 Å². The first-order chi connectivity index (χ1) is 7.94. The number of carboxylic acids is 1. The zero-order chi connectivity index (χ0) is 12.6. The number of amides is 2. The van der Waals surface area contributed by atoms with E-state index in [9.17, 15) is 9.59 Å². The fraction of sp³-hybridized carbons (Fsp3) is 0.833. The number of carbonyl (C=O) groups is 2. The van der Waals surface area contributed by atoms with Gasteiger partial charge in [0.2, 0.25) is 0 Å². The van der Waals surface area contributed by atoms with E-state index in [2.05, 4.69) is 19.2 Å². The van der Waals surface area contributed by atoms with Crippen LogP contribution in [0.25, 0.3) is 0 Å². The maximum atomic E-state index is 11.7. The number of hydrogen-bond donors (Lipinski definition) is 2. The zero-order valence-electron chi connectivity index (χ0n) is 10.4. The zero-order valence-corrected chi connectivity index (χ0v) is 10.4. The lowest BCUT2D eigenvalue weighted by molar-refractivity contribution is -0.146. The minimum Gasteiger partial charge on any atom is -0.481 e. The molecular weight excluding hydrogens is 220 g/mol. The quantitative estimate of drug-likeness (QED) is 0.774. The molecule has 1 aliphatic heterocycles. The Bertz CT molecular complexity index is 331. The number of likely N-dealkylation sites (tertiary alicyclic amines) is 1. The van der Waals surface area contributed by atoms with Crippen LogP contribution in [0.2, 0.25) is 0 Å². The molecular formula is C12H20N2O3. The molecule has 2 rings (SSSR count). The molecule has 0 aromatic carbocycles. The van der Waals surface area contributed by atoms with Crippen molar-refractivity contribution in [3.8, 4) is 0 Å². The molecule has 0 radical (unpaired) electrons. The van der Waals surface area contributed by atoms with E-state index in [-0.39, 0.29) is 11.9 Å². The Morgan fingerprint density at radius 2 is 2.00 bits per heavy atom. The Hall–Kier alpha value is -1.26. The van der Waals surface area contributed by atoms with Gasteiger partial charge in [0, 0.05) is 19.6 Å². The topological polar surface area (TPSA) is 69.6 Å². The molecule has 2 amide bonds. The van der Waals surface area contributed by atoms with Crippen LogP contribution in [0.1, 0.15) is 26.7 Å². The average molecular weight is 240 g/mol. The molecule has 1 saturated heterocycles. The number of hydrogen-bond acceptors (Lipinski definition) is 2. The van der Waals surface area contributed by atoms with Gasteiger partial charge in [0.1, 0.15) is 0 Å². The third-order valence-corrected chi connectivity index (χ3v) is 4.23. The molecule has 5 heteroatoms. The summed E-state index contributed by atoms with van der Waals surface area (Å²) in [6.45, 7) is 5.77. The lowest BCUT2D eigenvalue weighted by Crippen LogP contribution is -2.56. The fourth-order valence-corrected chi connectivity index (χ4v) is 2.28. The van der Waals surface area contributed by atoms with Gasteiger partial charge in [0.05, 0.1) is 5.92 Å². The smallest absolute Gasteiger partial charge is 0.317 e. The van der Waals surface area contributed by atoms with Gasteiger partial charge in [-0.25, -0.2) is 4.79 Å². The molecule has 1 aliphatic carbocycles. The van der Waals surface area contributed by atoms with Crippen LogP contribution in [0, 0.1) is 17.3 Å².